The fourth-order valence-electron chi connectivity index (χ4n) is 1.19. The first-order chi connectivity index (χ1) is 7.56. The minimum absolute atomic E-state index is 0.378. The molecule has 0 spiro atoms. The van der Waals surface area contributed by atoms with Gasteiger partial charge >= 0.3 is 0 Å². The van der Waals surface area contributed by atoms with Crippen molar-refractivity contribution >= 4 is 15.9 Å². The standard InChI is InChI=1S/C12H14BrNO2/c1-8(15)9(2)16-12(7-14)10-5-3-4-6-11(10)13/h3-6,8-9,12,15H,1-2H3. The quantitative estimate of drug-likeness (QED) is 0.925. The van der Waals surface area contributed by atoms with Gasteiger partial charge in [0, 0.05) is 10.0 Å². The van der Waals surface area contributed by atoms with Gasteiger partial charge in [0.1, 0.15) is 0 Å². The number of aliphatic hydroxyl groups excluding tert-OH is 1. The Morgan fingerprint density at radius 1 is 1.38 bits per heavy atom. The van der Waals surface area contributed by atoms with E-state index < -0.39 is 12.2 Å². The van der Waals surface area contributed by atoms with Gasteiger partial charge < -0.3 is 9.84 Å². The van der Waals surface area contributed by atoms with E-state index in [4.69, 9.17) is 10.00 Å². The van der Waals surface area contributed by atoms with E-state index in [1.807, 2.05) is 24.3 Å². The third-order valence-corrected chi connectivity index (χ3v) is 3.06. The van der Waals surface area contributed by atoms with Gasteiger partial charge in [0.05, 0.1) is 18.3 Å². The molecular weight excluding hydrogens is 270 g/mol. The van der Waals surface area contributed by atoms with Crippen LogP contribution in [0.25, 0.3) is 0 Å². The molecule has 0 aliphatic carbocycles. The van der Waals surface area contributed by atoms with Crippen LogP contribution in [0.2, 0.25) is 0 Å². The van der Waals surface area contributed by atoms with Gasteiger partial charge in [-0.2, -0.15) is 5.26 Å². The lowest BCUT2D eigenvalue weighted by atomic mass is 10.1. The highest BCUT2D eigenvalue weighted by atomic mass is 79.9. The topological polar surface area (TPSA) is 53.2 Å². The average molecular weight is 284 g/mol. The highest BCUT2D eigenvalue weighted by molar-refractivity contribution is 9.10. The van der Waals surface area contributed by atoms with Crippen LogP contribution in [0.3, 0.4) is 0 Å². The van der Waals surface area contributed by atoms with Gasteiger partial charge in [-0.15, -0.1) is 0 Å². The summed E-state index contributed by atoms with van der Waals surface area (Å²) in [6.07, 6.45) is -1.64. The van der Waals surface area contributed by atoms with Crippen molar-refractivity contribution in [1.82, 2.24) is 0 Å². The van der Waals surface area contributed by atoms with Crippen molar-refractivity contribution < 1.29 is 9.84 Å². The van der Waals surface area contributed by atoms with Crippen LogP contribution in [-0.2, 0) is 4.74 Å². The van der Waals surface area contributed by atoms with Crippen LogP contribution in [0.15, 0.2) is 28.7 Å². The van der Waals surface area contributed by atoms with Crippen molar-refractivity contribution in [3.63, 3.8) is 0 Å². The Hall–Kier alpha value is -0.890. The molecule has 0 fully saturated rings. The van der Waals surface area contributed by atoms with E-state index in [0.29, 0.717) is 0 Å². The van der Waals surface area contributed by atoms with Gasteiger partial charge in [-0.3, -0.25) is 0 Å². The Morgan fingerprint density at radius 3 is 2.50 bits per heavy atom. The molecule has 16 heavy (non-hydrogen) atoms. The third-order valence-electron chi connectivity index (χ3n) is 2.34. The molecule has 0 bridgehead atoms. The Bertz CT molecular complexity index is 387. The number of hydrogen-bond donors (Lipinski definition) is 1. The molecule has 0 saturated carbocycles. The van der Waals surface area contributed by atoms with E-state index in [1.165, 1.54) is 0 Å². The minimum atomic E-state index is -0.667. The summed E-state index contributed by atoms with van der Waals surface area (Å²) in [5.74, 6) is 0. The summed E-state index contributed by atoms with van der Waals surface area (Å²) in [4.78, 5) is 0. The molecule has 86 valence electrons. The zero-order chi connectivity index (χ0) is 12.1. The van der Waals surface area contributed by atoms with Crippen LogP contribution in [-0.4, -0.2) is 17.3 Å². The first-order valence-corrected chi connectivity index (χ1v) is 5.83. The van der Waals surface area contributed by atoms with Crippen LogP contribution in [0.1, 0.15) is 25.5 Å². The van der Waals surface area contributed by atoms with Gasteiger partial charge in [-0.05, 0) is 19.9 Å². The summed E-state index contributed by atoms with van der Waals surface area (Å²) in [6, 6.07) is 9.49. The van der Waals surface area contributed by atoms with E-state index >= 15 is 0 Å². The maximum atomic E-state index is 9.34. The van der Waals surface area contributed by atoms with Crippen LogP contribution in [0.4, 0.5) is 0 Å². The molecule has 0 aliphatic heterocycles. The molecule has 3 nitrogen and oxygen atoms in total. The largest absolute Gasteiger partial charge is 0.391 e. The van der Waals surface area contributed by atoms with E-state index in [-0.39, 0.29) is 6.10 Å². The van der Waals surface area contributed by atoms with Crippen molar-refractivity contribution in [3.05, 3.63) is 34.3 Å². The first-order valence-electron chi connectivity index (χ1n) is 5.03. The monoisotopic (exact) mass is 283 g/mol. The SMILES string of the molecule is CC(O)C(C)OC(C#N)c1ccccc1Br. The van der Waals surface area contributed by atoms with Crippen LogP contribution < -0.4 is 0 Å². The molecule has 1 aromatic rings. The van der Waals surface area contributed by atoms with Crippen molar-refractivity contribution in [2.75, 3.05) is 0 Å². The van der Waals surface area contributed by atoms with Gasteiger partial charge in [0.15, 0.2) is 6.10 Å². The number of nitrogens with zero attached hydrogens (tertiary/aromatic N) is 1. The smallest absolute Gasteiger partial charge is 0.170 e. The number of halogens is 1. The maximum absolute atomic E-state index is 9.34. The second-order valence-electron chi connectivity index (χ2n) is 3.61. The zero-order valence-electron chi connectivity index (χ0n) is 9.22. The van der Waals surface area contributed by atoms with Gasteiger partial charge in [-0.25, -0.2) is 0 Å². The highest BCUT2D eigenvalue weighted by Gasteiger charge is 2.19. The zero-order valence-corrected chi connectivity index (χ0v) is 10.8. The molecule has 0 aromatic heterocycles. The van der Waals surface area contributed by atoms with Crippen molar-refractivity contribution in [2.24, 2.45) is 0 Å². The molecular formula is C12H14BrNO2. The van der Waals surface area contributed by atoms with Crippen LogP contribution in [0.5, 0.6) is 0 Å². The van der Waals surface area contributed by atoms with E-state index in [1.54, 1.807) is 13.8 Å². The summed E-state index contributed by atoms with van der Waals surface area (Å²) >= 11 is 3.37. The predicted molar refractivity (Wildman–Crippen MR) is 64.7 cm³/mol. The molecule has 3 atom stereocenters. The summed E-state index contributed by atoms with van der Waals surface area (Å²) in [5, 5.41) is 18.4. The van der Waals surface area contributed by atoms with E-state index in [2.05, 4.69) is 22.0 Å². The Labute approximate surface area is 104 Å². The third kappa shape index (κ3) is 3.31. The molecule has 0 saturated heterocycles. The Morgan fingerprint density at radius 2 is 2.00 bits per heavy atom. The highest BCUT2D eigenvalue weighted by Crippen LogP contribution is 2.26. The number of benzene rings is 1. The fraction of sp³-hybridized carbons (Fsp3) is 0.417. The molecule has 0 heterocycles. The molecule has 0 amide bonds. The van der Waals surface area contributed by atoms with E-state index in [0.717, 1.165) is 10.0 Å². The summed E-state index contributed by atoms with van der Waals surface area (Å²) in [7, 11) is 0. The normalized spacial score (nSPS) is 16.2. The molecule has 0 radical (unpaired) electrons. The second-order valence-corrected chi connectivity index (χ2v) is 4.47. The van der Waals surface area contributed by atoms with Crippen LogP contribution >= 0.6 is 15.9 Å². The van der Waals surface area contributed by atoms with Crippen molar-refractivity contribution in [2.45, 2.75) is 32.2 Å². The number of ether oxygens (including phenoxy) is 1. The molecule has 4 heteroatoms. The number of hydrogen-bond acceptors (Lipinski definition) is 3. The summed E-state index contributed by atoms with van der Waals surface area (Å²) in [6.45, 7) is 3.38. The molecule has 1 N–H and O–H groups in total. The number of aliphatic hydroxyl groups is 1. The molecule has 1 rings (SSSR count). The van der Waals surface area contributed by atoms with Gasteiger partial charge in [0.2, 0.25) is 0 Å². The average Bonchev–Trinajstić information content (AvgIpc) is 2.26. The molecule has 3 unspecified atom stereocenters. The lowest BCUT2D eigenvalue weighted by molar-refractivity contribution is -0.0428. The summed E-state index contributed by atoms with van der Waals surface area (Å²) < 4.78 is 6.32. The predicted octanol–water partition coefficient (Wildman–Crippen LogP) is 2.80. The lowest BCUT2D eigenvalue weighted by Crippen LogP contribution is -2.24. The minimum Gasteiger partial charge on any atom is -0.391 e. The first kappa shape index (κ1) is 13.2. The Kier molecular flexibility index (Phi) is 4.94. The summed E-state index contributed by atoms with van der Waals surface area (Å²) in [5.41, 5.74) is 0.775. The van der Waals surface area contributed by atoms with E-state index in [9.17, 15) is 5.11 Å². The second kappa shape index (κ2) is 6.00. The number of nitriles is 1. The van der Waals surface area contributed by atoms with Gasteiger partial charge in [-0.1, -0.05) is 34.1 Å². The number of rotatable bonds is 4. The maximum Gasteiger partial charge on any atom is 0.170 e. The molecule has 1 aromatic carbocycles. The van der Waals surface area contributed by atoms with Crippen LogP contribution in [0, 0.1) is 11.3 Å². The van der Waals surface area contributed by atoms with Gasteiger partial charge in [0.25, 0.3) is 0 Å². The molecule has 0 aliphatic rings. The Balaban J connectivity index is 2.84. The fourth-order valence-corrected chi connectivity index (χ4v) is 1.68. The van der Waals surface area contributed by atoms with Crippen molar-refractivity contribution in [3.8, 4) is 6.07 Å². The van der Waals surface area contributed by atoms with Crippen molar-refractivity contribution in [1.29, 1.82) is 5.26 Å². The lowest BCUT2D eigenvalue weighted by Gasteiger charge is -2.20.